The van der Waals surface area contributed by atoms with Crippen molar-refractivity contribution in [3.63, 3.8) is 0 Å². The highest BCUT2D eigenvalue weighted by Gasteiger charge is 2.25. The number of ether oxygens (including phenoxy) is 1. The van der Waals surface area contributed by atoms with Gasteiger partial charge in [-0.25, -0.2) is 4.79 Å². The van der Waals surface area contributed by atoms with Crippen LogP contribution < -0.4 is 10.6 Å². The maximum atomic E-state index is 11.9. The van der Waals surface area contributed by atoms with Crippen molar-refractivity contribution in [1.29, 1.82) is 0 Å². The van der Waals surface area contributed by atoms with Crippen LogP contribution in [0.15, 0.2) is 17.5 Å². The van der Waals surface area contributed by atoms with Gasteiger partial charge in [-0.15, -0.1) is 11.3 Å². The summed E-state index contributed by atoms with van der Waals surface area (Å²) >= 11 is 2.92. The number of carbonyl (C=O) groups is 1. The van der Waals surface area contributed by atoms with Gasteiger partial charge >= 0.3 is 5.97 Å². The second kappa shape index (κ2) is 6.23. The Balaban J connectivity index is 2.37. The minimum absolute atomic E-state index is 0.223. The number of thiophene rings is 1. The summed E-state index contributed by atoms with van der Waals surface area (Å²) in [5.41, 5.74) is 6.17. The summed E-state index contributed by atoms with van der Waals surface area (Å²) in [4.78, 5) is 15.2. The number of methoxy groups -OCH3 is 1. The van der Waals surface area contributed by atoms with Gasteiger partial charge in [-0.2, -0.15) is 4.37 Å². The van der Waals surface area contributed by atoms with Crippen molar-refractivity contribution in [3.05, 3.63) is 28.0 Å². The molecule has 2 aromatic heterocycles. The van der Waals surface area contributed by atoms with E-state index in [0.29, 0.717) is 5.56 Å². The van der Waals surface area contributed by atoms with Gasteiger partial charge in [0.1, 0.15) is 10.6 Å². The fraction of sp³-hybridized carbons (Fsp3) is 0.385. The number of esters is 1. The summed E-state index contributed by atoms with van der Waals surface area (Å²) < 4.78 is 8.90. The van der Waals surface area contributed by atoms with Gasteiger partial charge in [-0.3, -0.25) is 0 Å². The highest BCUT2D eigenvalue weighted by atomic mass is 32.1. The van der Waals surface area contributed by atoms with Crippen molar-refractivity contribution in [2.45, 2.75) is 26.4 Å². The fourth-order valence-corrected chi connectivity index (χ4v) is 3.48. The Kier molecular flexibility index (Phi) is 4.61. The summed E-state index contributed by atoms with van der Waals surface area (Å²) in [6.45, 7) is 4.87. The predicted molar refractivity (Wildman–Crippen MR) is 83.5 cm³/mol. The van der Waals surface area contributed by atoms with E-state index in [1.807, 2.05) is 11.4 Å². The molecule has 0 aliphatic heterocycles. The first-order valence-electron chi connectivity index (χ1n) is 6.17. The zero-order valence-corrected chi connectivity index (χ0v) is 13.3. The third kappa shape index (κ3) is 2.94. The Morgan fingerprint density at radius 1 is 1.55 bits per heavy atom. The summed E-state index contributed by atoms with van der Waals surface area (Å²) in [5, 5.41) is 2.80. The summed E-state index contributed by atoms with van der Waals surface area (Å²) in [7, 11) is 1.35. The lowest BCUT2D eigenvalue weighted by Gasteiger charge is -2.27. The molecule has 5 nitrogen and oxygen atoms in total. The van der Waals surface area contributed by atoms with Crippen LogP contribution in [0.1, 0.15) is 29.1 Å². The average Bonchev–Trinajstić information content (AvgIpc) is 3.04. The summed E-state index contributed by atoms with van der Waals surface area (Å²) in [5.74, 6) is -0.211. The molecule has 0 saturated heterocycles. The topological polar surface area (TPSA) is 68.5 Å². The van der Waals surface area contributed by atoms with Gasteiger partial charge in [-0.1, -0.05) is 6.07 Å². The van der Waals surface area contributed by atoms with E-state index in [9.17, 15) is 4.79 Å². The van der Waals surface area contributed by atoms with E-state index < -0.39 is 5.97 Å². The number of nitrogens with zero attached hydrogens (tertiary/aromatic N) is 2. The van der Waals surface area contributed by atoms with Gasteiger partial charge < -0.3 is 15.4 Å². The first-order chi connectivity index (χ1) is 9.54. The maximum Gasteiger partial charge on any atom is 0.344 e. The first kappa shape index (κ1) is 14.8. The van der Waals surface area contributed by atoms with Crippen molar-refractivity contribution >= 4 is 39.7 Å². The molecule has 20 heavy (non-hydrogen) atoms. The number of carbonyl (C=O) groups excluding carboxylic acids is 1. The van der Waals surface area contributed by atoms with Gasteiger partial charge in [-0.05, 0) is 36.8 Å². The smallest absolute Gasteiger partial charge is 0.344 e. The van der Waals surface area contributed by atoms with Crippen LogP contribution in [-0.4, -0.2) is 23.5 Å². The van der Waals surface area contributed by atoms with Crippen LogP contribution in [0.25, 0.3) is 0 Å². The number of hydrogen-bond acceptors (Lipinski definition) is 7. The summed E-state index contributed by atoms with van der Waals surface area (Å²) in [6, 6.07) is 4.31. The van der Waals surface area contributed by atoms with E-state index >= 15 is 0 Å². The number of anilines is 2. The Morgan fingerprint density at radius 2 is 2.30 bits per heavy atom. The SMILES string of the molecule is COC(=O)c1c(N)nsc1N(Cc1cccs1)C(C)C. The molecule has 0 spiro atoms. The molecule has 0 radical (unpaired) electrons. The van der Waals surface area contributed by atoms with Gasteiger partial charge in [0.2, 0.25) is 0 Å². The molecule has 7 heteroatoms. The molecule has 0 aliphatic rings. The maximum absolute atomic E-state index is 11.9. The molecule has 0 bridgehead atoms. The van der Waals surface area contributed by atoms with Crippen molar-refractivity contribution in [2.24, 2.45) is 0 Å². The molecule has 0 unspecified atom stereocenters. The van der Waals surface area contributed by atoms with Crippen LogP contribution >= 0.6 is 22.9 Å². The monoisotopic (exact) mass is 311 g/mol. The highest BCUT2D eigenvalue weighted by molar-refractivity contribution is 7.11. The normalized spacial score (nSPS) is 10.8. The highest BCUT2D eigenvalue weighted by Crippen LogP contribution is 2.34. The van der Waals surface area contributed by atoms with E-state index in [0.717, 1.165) is 11.5 Å². The molecule has 2 heterocycles. The zero-order chi connectivity index (χ0) is 14.7. The van der Waals surface area contributed by atoms with E-state index in [1.165, 1.54) is 23.5 Å². The molecular weight excluding hydrogens is 294 g/mol. The number of aromatic nitrogens is 1. The molecule has 2 N–H and O–H groups in total. The van der Waals surface area contributed by atoms with Crippen molar-refractivity contribution < 1.29 is 9.53 Å². The Hall–Kier alpha value is -1.60. The standard InChI is InChI=1S/C13H17N3O2S2/c1-8(2)16(7-9-5-4-6-19-9)12-10(13(17)18-3)11(14)15-20-12/h4-6,8H,7H2,1-3H3,(H2,14,15). The number of nitrogen functional groups attached to an aromatic ring is 1. The minimum atomic E-state index is -0.442. The quantitative estimate of drug-likeness (QED) is 0.860. The van der Waals surface area contributed by atoms with Gasteiger partial charge in [0, 0.05) is 10.9 Å². The number of nitrogens with two attached hydrogens (primary N) is 1. The van der Waals surface area contributed by atoms with Crippen LogP contribution in [0.5, 0.6) is 0 Å². The zero-order valence-electron chi connectivity index (χ0n) is 11.6. The third-order valence-electron chi connectivity index (χ3n) is 2.88. The molecule has 0 amide bonds. The average molecular weight is 311 g/mol. The minimum Gasteiger partial charge on any atom is -0.465 e. The molecule has 0 fully saturated rings. The Bertz CT molecular complexity index is 578. The van der Waals surface area contributed by atoms with Crippen molar-refractivity contribution in [1.82, 2.24) is 4.37 Å². The van der Waals surface area contributed by atoms with Crippen LogP contribution in [0.4, 0.5) is 10.8 Å². The molecule has 108 valence electrons. The summed E-state index contributed by atoms with van der Waals surface area (Å²) in [6.07, 6.45) is 0. The molecule has 0 saturated carbocycles. The van der Waals surface area contributed by atoms with Crippen LogP contribution in [0.3, 0.4) is 0 Å². The number of rotatable bonds is 5. The molecule has 2 rings (SSSR count). The Morgan fingerprint density at radius 3 is 2.85 bits per heavy atom. The van der Waals surface area contributed by atoms with E-state index in [-0.39, 0.29) is 11.9 Å². The van der Waals surface area contributed by atoms with Gasteiger partial charge in [0.05, 0.1) is 13.7 Å². The first-order valence-corrected chi connectivity index (χ1v) is 7.82. The predicted octanol–water partition coefficient (Wildman–Crippen LogP) is 2.99. The third-order valence-corrected chi connectivity index (χ3v) is 4.64. The van der Waals surface area contributed by atoms with Gasteiger partial charge in [0.15, 0.2) is 5.82 Å². The second-order valence-corrected chi connectivity index (χ2v) is 6.32. The second-order valence-electron chi connectivity index (χ2n) is 4.54. The number of hydrogen-bond donors (Lipinski definition) is 1. The lowest BCUT2D eigenvalue weighted by atomic mass is 10.2. The molecular formula is C13H17N3O2S2. The van der Waals surface area contributed by atoms with Gasteiger partial charge in [0.25, 0.3) is 0 Å². The van der Waals surface area contributed by atoms with Crippen LogP contribution in [-0.2, 0) is 11.3 Å². The molecule has 0 atom stereocenters. The molecule has 0 aromatic carbocycles. The fourth-order valence-electron chi connectivity index (χ4n) is 1.84. The van der Waals surface area contributed by atoms with Crippen LogP contribution in [0, 0.1) is 0 Å². The van der Waals surface area contributed by atoms with E-state index in [1.54, 1.807) is 11.3 Å². The van der Waals surface area contributed by atoms with E-state index in [2.05, 4.69) is 29.2 Å². The molecule has 0 aliphatic carbocycles. The van der Waals surface area contributed by atoms with Crippen molar-refractivity contribution in [2.75, 3.05) is 17.7 Å². The largest absolute Gasteiger partial charge is 0.465 e. The van der Waals surface area contributed by atoms with Crippen molar-refractivity contribution in [3.8, 4) is 0 Å². The van der Waals surface area contributed by atoms with Crippen LogP contribution in [0.2, 0.25) is 0 Å². The lowest BCUT2D eigenvalue weighted by Crippen LogP contribution is -2.30. The lowest BCUT2D eigenvalue weighted by molar-refractivity contribution is 0.0603. The van der Waals surface area contributed by atoms with E-state index in [4.69, 9.17) is 10.5 Å². The Labute approximate surface area is 126 Å². The molecule has 2 aromatic rings.